The summed E-state index contributed by atoms with van der Waals surface area (Å²) < 4.78 is 13.4. The van der Waals surface area contributed by atoms with Gasteiger partial charge in [0.15, 0.2) is 0 Å². The van der Waals surface area contributed by atoms with Gasteiger partial charge in [-0.2, -0.15) is 0 Å². The maximum atomic E-state index is 13.4. The first-order chi connectivity index (χ1) is 9.02. The Morgan fingerprint density at radius 2 is 2.11 bits per heavy atom. The molecule has 0 aliphatic rings. The van der Waals surface area contributed by atoms with Crippen molar-refractivity contribution in [3.05, 3.63) is 36.7 Å². The summed E-state index contributed by atoms with van der Waals surface area (Å²) in [7, 11) is 0. The van der Waals surface area contributed by atoms with Crippen molar-refractivity contribution in [3.8, 4) is 0 Å². The summed E-state index contributed by atoms with van der Waals surface area (Å²) in [6.07, 6.45) is 1.64. The average molecular weight is 265 g/mol. The highest BCUT2D eigenvalue weighted by Crippen LogP contribution is 2.19. The number of nitrogens with one attached hydrogen (secondary N) is 3. The maximum absolute atomic E-state index is 13.4. The molecule has 0 spiro atoms. The molecule has 0 fully saturated rings. The lowest BCUT2D eigenvalue weighted by atomic mass is 10.2. The molecule has 6 heteroatoms. The molecule has 1 rings (SSSR count). The number of anilines is 2. The van der Waals surface area contributed by atoms with Crippen LogP contribution in [-0.2, 0) is 9.59 Å². The Hall–Kier alpha value is -2.21. The van der Waals surface area contributed by atoms with Crippen molar-refractivity contribution in [1.29, 1.82) is 0 Å². The van der Waals surface area contributed by atoms with E-state index >= 15 is 0 Å². The molecule has 1 aromatic rings. The molecule has 0 atom stereocenters. The van der Waals surface area contributed by atoms with Crippen LogP contribution in [0.4, 0.5) is 15.8 Å². The van der Waals surface area contributed by atoms with E-state index in [0.717, 1.165) is 0 Å². The summed E-state index contributed by atoms with van der Waals surface area (Å²) in [5.41, 5.74) is 0.444. The monoisotopic (exact) mass is 265 g/mol. The second-order valence-electron chi connectivity index (χ2n) is 3.84. The van der Waals surface area contributed by atoms with E-state index in [4.69, 9.17) is 0 Å². The van der Waals surface area contributed by atoms with Crippen molar-refractivity contribution in [1.82, 2.24) is 5.32 Å². The topological polar surface area (TPSA) is 70.2 Å². The van der Waals surface area contributed by atoms with Crippen molar-refractivity contribution < 1.29 is 14.0 Å². The Kier molecular flexibility index (Phi) is 5.69. The van der Waals surface area contributed by atoms with Crippen LogP contribution in [0.15, 0.2) is 30.9 Å². The Balaban J connectivity index is 2.65. The van der Waals surface area contributed by atoms with Crippen LogP contribution in [-0.4, -0.2) is 24.9 Å². The molecule has 2 amide bonds. The molecule has 102 valence electrons. The van der Waals surface area contributed by atoms with Gasteiger partial charge in [0.25, 0.3) is 0 Å². The minimum atomic E-state index is -0.557. The molecular formula is C13H16FN3O2. The first-order valence-corrected chi connectivity index (χ1v) is 5.71. The molecule has 1 aromatic carbocycles. The highest BCUT2D eigenvalue weighted by Gasteiger charge is 2.07. The number of halogens is 1. The van der Waals surface area contributed by atoms with Crippen molar-refractivity contribution in [2.75, 3.05) is 23.7 Å². The Bertz CT molecular complexity index is 489. The summed E-state index contributed by atoms with van der Waals surface area (Å²) in [4.78, 5) is 22.4. The van der Waals surface area contributed by atoms with Gasteiger partial charge in [-0.1, -0.05) is 6.08 Å². The van der Waals surface area contributed by atoms with Crippen LogP contribution >= 0.6 is 0 Å². The number of carbonyl (C=O) groups is 2. The second kappa shape index (κ2) is 7.27. The number of rotatable bonds is 6. The fourth-order valence-electron chi connectivity index (χ4n) is 1.38. The molecule has 19 heavy (non-hydrogen) atoms. The van der Waals surface area contributed by atoms with Gasteiger partial charge in [0, 0.05) is 19.2 Å². The molecule has 0 aliphatic heterocycles. The molecule has 0 unspecified atom stereocenters. The van der Waals surface area contributed by atoms with E-state index in [1.807, 2.05) is 0 Å². The Labute approximate surface area is 110 Å². The van der Waals surface area contributed by atoms with Crippen molar-refractivity contribution in [3.63, 3.8) is 0 Å². The molecule has 0 heterocycles. The van der Waals surface area contributed by atoms with Gasteiger partial charge in [-0.25, -0.2) is 4.39 Å². The molecule has 0 saturated carbocycles. The third kappa shape index (κ3) is 5.31. The maximum Gasteiger partial charge on any atom is 0.238 e. The predicted octanol–water partition coefficient (Wildman–Crippen LogP) is 1.50. The van der Waals surface area contributed by atoms with Crippen molar-refractivity contribution in [2.24, 2.45) is 0 Å². The van der Waals surface area contributed by atoms with E-state index in [2.05, 4.69) is 22.5 Å². The third-order valence-corrected chi connectivity index (χ3v) is 2.14. The average Bonchev–Trinajstić information content (AvgIpc) is 2.33. The van der Waals surface area contributed by atoms with Gasteiger partial charge in [0.2, 0.25) is 11.8 Å². The van der Waals surface area contributed by atoms with Gasteiger partial charge in [-0.3, -0.25) is 9.59 Å². The normalized spacial score (nSPS) is 9.79. The second-order valence-corrected chi connectivity index (χ2v) is 3.84. The van der Waals surface area contributed by atoms with Crippen LogP contribution in [0.3, 0.4) is 0 Å². The third-order valence-electron chi connectivity index (χ3n) is 2.14. The molecule has 0 aliphatic carbocycles. The lowest BCUT2D eigenvalue weighted by Crippen LogP contribution is -2.28. The van der Waals surface area contributed by atoms with Gasteiger partial charge in [0.05, 0.1) is 12.2 Å². The van der Waals surface area contributed by atoms with E-state index in [0.29, 0.717) is 12.2 Å². The Morgan fingerprint density at radius 1 is 1.37 bits per heavy atom. The number of carbonyl (C=O) groups excluding carboxylic acids is 2. The standard InChI is InChI=1S/C13H16FN3O2/c1-3-6-15-8-13(19)17-10-4-5-11(14)12(7-10)16-9(2)18/h3-5,7,15H,1,6,8H2,2H3,(H,16,18)(H,17,19). The minimum Gasteiger partial charge on any atom is -0.325 e. The first-order valence-electron chi connectivity index (χ1n) is 5.71. The summed E-state index contributed by atoms with van der Waals surface area (Å²) in [5, 5.41) is 7.77. The van der Waals surface area contributed by atoms with Crippen LogP contribution in [0, 0.1) is 5.82 Å². The van der Waals surface area contributed by atoms with Crippen LogP contribution < -0.4 is 16.0 Å². The zero-order valence-electron chi connectivity index (χ0n) is 10.6. The predicted molar refractivity (Wildman–Crippen MR) is 72.4 cm³/mol. The quantitative estimate of drug-likeness (QED) is 0.539. The molecule has 0 aromatic heterocycles. The summed E-state index contributed by atoms with van der Waals surface area (Å²) in [6.45, 7) is 5.44. The van der Waals surface area contributed by atoms with Crippen molar-refractivity contribution in [2.45, 2.75) is 6.92 Å². The van der Waals surface area contributed by atoms with Gasteiger partial charge in [-0.05, 0) is 18.2 Å². The van der Waals surface area contributed by atoms with Gasteiger partial charge in [0.1, 0.15) is 5.82 Å². The Morgan fingerprint density at radius 3 is 2.74 bits per heavy atom. The molecule has 5 nitrogen and oxygen atoms in total. The smallest absolute Gasteiger partial charge is 0.238 e. The van der Waals surface area contributed by atoms with Gasteiger partial charge in [-0.15, -0.1) is 6.58 Å². The number of benzene rings is 1. The van der Waals surface area contributed by atoms with E-state index in [9.17, 15) is 14.0 Å². The fraction of sp³-hybridized carbons (Fsp3) is 0.231. The largest absolute Gasteiger partial charge is 0.325 e. The number of hydrogen-bond donors (Lipinski definition) is 3. The highest BCUT2D eigenvalue weighted by atomic mass is 19.1. The van der Waals surface area contributed by atoms with Crippen LogP contribution in [0.25, 0.3) is 0 Å². The molecular weight excluding hydrogens is 249 g/mol. The summed E-state index contributed by atoms with van der Waals surface area (Å²) in [6, 6.07) is 3.96. The number of hydrogen-bond acceptors (Lipinski definition) is 3. The van der Waals surface area contributed by atoms with Crippen LogP contribution in [0.1, 0.15) is 6.92 Å². The zero-order chi connectivity index (χ0) is 14.3. The fourth-order valence-corrected chi connectivity index (χ4v) is 1.38. The van der Waals surface area contributed by atoms with E-state index in [-0.39, 0.29) is 24.0 Å². The lowest BCUT2D eigenvalue weighted by molar-refractivity contribution is -0.115. The zero-order valence-corrected chi connectivity index (χ0v) is 10.6. The summed E-state index contributed by atoms with van der Waals surface area (Å²) >= 11 is 0. The van der Waals surface area contributed by atoms with Gasteiger partial charge >= 0.3 is 0 Å². The molecule has 0 bridgehead atoms. The highest BCUT2D eigenvalue weighted by molar-refractivity contribution is 5.94. The summed E-state index contributed by atoms with van der Waals surface area (Å²) in [5.74, 6) is -1.20. The van der Waals surface area contributed by atoms with Crippen LogP contribution in [0.5, 0.6) is 0 Å². The minimum absolute atomic E-state index is 0.0318. The lowest BCUT2D eigenvalue weighted by Gasteiger charge is -2.09. The van der Waals surface area contributed by atoms with E-state index < -0.39 is 5.82 Å². The van der Waals surface area contributed by atoms with E-state index in [1.54, 1.807) is 6.08 Å². The number of amides is 2. The van der Waals surface area contributed by atoms with E-state index in [1.165, 1.54) is 25.1 Å². The van der Waals surface area contributed by atoms with Gasteiger partial charge < -0.3 is 16.0 Å². The first kappa shape index (κ1) is 14.8. The van der Waals surface area contributed by atoms with Crippen molar-refractivity contribution >= 4 is 23.2 Å². The SMILES string of the molecule is C=CCNCC(=O)Nc1ccc(F)c(NC(C)=O)c1. The molecule has 0 radical (unpaired) electrons. The molecule has 3 N–H and O–H groups in total. The molecule has 0 saturated heterocycles. The van der Waals surface area contributed by atoms with Crippen LogP contribution in [0.2, 0.25) is 0 Å².